The van der Waals surface area contributed by atoms with Gasteiger partial charge in [0.1, 0.15) is 11.6 Å². The van der Waals surface area contributed by atoms with Gasteiger partial charge < -0.3 is 5.32 Å². The first-order valence-corrected chi connectivity index (χ1v) is 8.03. The number of thioether (sulfide) groups is 1. The Kier molecular flexibility index (Phi) is 3.98. The SMILES string of the molecule is Fc1cc(F)c(NCC2CSc3ccccc32)c(Br)c1. The van der Waals surface area contributed by atoms with Crippen LogP contribution in [0.25, 0.3) is 0 Å². The fourth-order valence-corrected chi connectivity index (χ4v) is 4.14. The molecule has 5 heteroatoms. The fourth-order valence-electron chi connectivity index (χ4n) is 2.33. The van der Waals surface area contributed by atoms with Crippen LogP contribution in [0.4, 0.5) is 14.5 Å². The second-order valence-corrected chi connectivity index (χ2v) is 6.59. The van der Waals surface area contributed by atoms with Crippen LogP contribution in [0.5, 0.6) is 0 Å². The molecular formula is C15H12BrF2NS. The summed E-state index contributed by atoms with van der Waals surface area (Å²) in [6, 6.07) is 10.4. The summed E-state index contributed by atoms with van der Waals surface area (Å²) >= 11 is 5.01. The van der Waals surface area contributed by atoms with Gasteiger partial charge in [0.25, 0.3) is 0 Å². The zero-order valence-electron chi connectivity index (χ0n) is 10.5. The van der Waals surface area contributed by atoms with E-state index in [-0.39, 0.29) is 0 Å². The number of rotatable bonds is 3. The Morgan fingerprint density at radius 3 is 2.85 bits per heavy atom. The van der Waals surface area contributed by atoms with E-state index in [9.17, 15) is 8.78 Å². The molecule has 0 radical (unpaired) electrons. The molecule has 0 fully saturated rings. The Balaban J connectivity index is 1.76. The minimum absolute atomic E-state index is 0.320. The molecule has 0 spiro atoms. The second kappa shape index (κ2) is 5.74. The minimum atomic E-state index is -0.582. The lowest BCUT2D eigenvalue weighted by atomic mass is 10.0. The topological polar surface area (TPSA) is 12.0 Å². The van der Waals surface area contributed by atoms with Gasteiger partial charge in [-0.15, -0.1) is 11.8 Å². The van der Waals surface area contributed by atoms with Crippen LogP contribution in [-0.2, 0) is 0 Å². The Morgan fingerprint density at radius 1 is 1.25 bits per heavy atom. The van der Waals surface area contributed by atoms with E-state index >= 15 is 0 Å². The summed E-state index contributed by atoms with van der Waals surface area (Å²) in [5.41, 5.74) is 1.62. The maximum absolute atomic E-state index is 13.7. The van der Waals surface area contributed by atoms with Crippen LogP contribution in [0, 0.1) is 11.6 Å². The average molecular weight is 356 g/mol. The molecule has 1 aliphatic heterocycles. The predicted molar refractivity (Wildman–Crippen MR) is 82.5 cm³/mol. The Hall–Kier alpha value is -1.07. The largest absolute Gasteiger partial charge is 0.381 e. The van der Waals surface area contributed by atoms with Gasteiger partial charge in [-0.25, -0.2) is 8.78 Å². The predicted octanol–water partition coefficient (Wildman–Crippen LogP) is 5.03. The first-order chi connectivity index (χ1) is 9.65. The number of benzene rings is 2. The molecule has 0 amide bonds. The zero-order chi connectivity index (χ0) is 14.1. The van der Waals surface area contributed by atoms with Crippen molar-refractivity contribution < 1.29 is 8.78 Å². The van der Waals surface area contributed by atoms with Crippen LogP contribution in [0.2, 0.25) is 0 Å². The highest BCUT2D eigenvalue weighted by Gasteiger charge is 2.23. The molecule has 0 saturated carbocycles. The number of nitrogens with one attached hydrogen (secondary N) is 1. The maximum atomic E-state index is 13.7. The highest BCUT2D eigenvalue weighted by Crippen LogP contribution is 2.39. The third-order valence-corrected chi connectivity index (χ3v) is 5.21. The number of hydrogen-bond acceptors (Lipinski definition) is 2. The Morgan fingerprint density at radius 2 is 2.05 bits per heavy atom. The van der Waals surface area contributed by atoms with Crippen molar-refractivity contribution in [1.82, 2.24) is 0 Å². The number of fused-ring (bicyclic) bond motifs is 1. The van der Waals surface area contributed by atoms with Crippen LogP contribution >= 0.6 is 27.7 Å². The van der Waals surface area contributed by atoms with Gasteiger partial charge in [-0.3, -0.25) is 0 Å². The quantitative estimate of drug-likeness (QED) is 0.828. The molecule has 0 saturated heterocycles. The molecule has 1 heterocycles. The van der Waals surface area contributed by atoms with Gasteiger partial charge in [-0.2, -0.15) is 0 Å². The van der Waals surface area contributed by atoms with Gasteiger partial charge in [0.2, 0.25) is 0 Å². The highest BCUT2D eigenvalue weighted by atomic mass is 79.9. The minimum Gasteiger partial charge on any atom is -0.381 e. The third kappa shape index (κ3) is 2.69. The van der Waals surface area contributed by atoms with E-state index in [1.54, 1.807) is 0 Å². The summed E-state index contributed by atoms with van der Waals surface area (Å²) in [4.78, 5) is 1.29. The van der Waals surface area contributed by atoms with E-state index in [2.05, 4.69) is 33.4 Å². The molecule has 0 bridgehead atoms. The first-order valence-electron chi connectivity index (χ1n) is 6.25. The molecular weight excluding hydrogens is 344 g/mol. The van der Waals surface area contributed by atoms with Crippen molar-refractivity contribution in [3.05, 3.63) is 58.1 Å². The molecule has 1 aliphatic rings. The van der Waals surface area contributed by atoms with Gasteiger partial charge in [-0.05, 0) is 33.6 Å². The summed E-state index contributed by atoms with van der Waals surface area (Å²) in [6.45, 7) is 0.630. The number of hydrogen-bond donors (Lipinski definition) is 1. The maximum Gasteiger partial charge on any atom is 0.150 e. The molecule has 3 rings (SSSR count). The summed E-state index contributed by atoms with van der Waals surface area (Å²) in [5, 5.41) is 3.09. The Labute approximate surface area is 128 Å². The lowest BCUT2D eigenvalue weighted by molar-refractivity contribution is 0.583. The summed E-state index contributed by atoms with van der Waals surface area (Å²) in [5.74, 6) is 0.164. The van der Waals surface area contributed by atoms with Gasteiger partial charge >= 0.3 is 0 Å². The van der Waals surface area contributed by atoms with Crippen molar-refractivity contribution in [2.45, 2.75) is 10.8 Å². The Bertz CT molecular complexity index is 625. The lowest BCUT2D eigenvalue weighted by Crippen LogP contribution is -2.13. The van der Waals surface area contributed by atoms with Crippen LogP contribution in [-0.4, -0.2) is 12.3 Å². The highest BCUT2D eigenvalue weighted by molar-refractivity contribution is 9.10. The molecule has 104 valence electrons. The zero-order valence-corrected chi connectivity index (χ0v) is 12.9. The van der Waals surface area contributed by atoms with Gasteiger partial charge in [-0.1, -0.05) is 18.2 Å². The van der Waals surface area contributed by atoms with E-state index in [1.807, 2.05) is 23.9 Å². The van der Waals surface area contributed by atoms with Gasteiger partial charge in [0, 0.05) is 33.7 Å². The van der Waals surface area contributed by atoms with Crippen molar-refractivity contribution >= 4 is 33.4 Å². The van der Waals surface area contributed by atoms with Crippen molar-refractivity contribution in [1.29, 1.82) is 0 Å². The normalized spacial score (nSPS) is 17.1. The van der Waals surface area contributed by atoms with Crippen LogP contribution in [0.3, 0.4) is 0 Å². The first kappa shape index (κ1) is 13.9. The molecule has 2 aromatic rings. The van der Waals surface area contributed by atoms with Gasteiger partial charge in [0.05, 0.1) is 5.69 Å². The van der Waals surface area contributed by atoms with Crippen molar-refractivity contribution in [2.75, 3.05) is 17.6 Å². The van der Waals surface area contributed by atoms with E-state index < -0.39 is 11.6 Å². The summed E-state index contributed by atoms with van der Waals surface area (Å²) in [7, 11) is 0. The molecule has 1 unspecified atom stereocenters. The monoisotopic (exact) mass is 355 g/mol. The van der Waals surface area contributed by atoms with E-state index in [4.69, 9.17) is 0 Å². The van der Waals surface area contributed by atoms with Gasteiger partial charge in [0.15, 0.2) is 0 Å². The van der Waals surface area contributed by atoms with Crippen LogP contribution in [0.1, 0.15) is 11.5 Å². The third-order valence-electron chi connectivity index (χ3n) is 3.33. The average Bonchev–Trinajstić information content (AvgIpc) is 2.81. The summed E-state index contributed by atoms with van der Waals surface area (Å²) in [6.07, 6.45) is 0. The molecule has 1 nitrogen and oxygen atoms in total. The van der Waals surface area contributed by atoms with Crippen LogP contribution < -0.4 is 5.32 Å². The molecule has 2 aromatic carbocycles. The molecule has 1 N–H and O–H groups in total. The van der Waals surface area contributed by atoms with Crippen molar-refractivity contribution in [3.63, 3.8) is 0 Å². The standard InChI is InChI=1S/C15H12BrF2NS/c16-12-5-10(17)6-13(18)15(12)19-7-9-8-20-14-4-2-1-3-11(9)14/h1-6,9,19H,7-8H2. The summed E-state index contributed by atoms with van der Waals surface area (Å²) < 4.78 is 27.2. The molecule has 0 aromatic heterocycles. The van der Waals surface area contributed by atoms with Crippen molar-refractivity contribution in [3.8, 4) is 0 Å². The molecule has 20 heavy (non-hydrogen) atoms. The van der Waals surface area contributed by atoms with Crippen molar-refractivity contribution in [2.24, 2.45) is 0 Å². The van der Waals surface area contributed by atoms with Crippen LogP contribution in [0.15, 0.2) is 45.8 Å². The number of halogens is 3. The number of anilines is 1. The molecule has 1 atom stereocenters. The van der Waals surface area contributed by atoms with E-state index in [0.717, 1.165) is 11.8 Å². The fraction of sp³-hybridized carbons (Fsp3) is 0.200. The second-order valence-electron chi connectivity index (χ2n) is 4.67. The lowest BCUT2D eigenvalue weighted by Gasteiger charge is -2.15. The van der Waals surface area contributed by atoms with E-state index in [1.165, 1.54) is 16.5 Å². The van der Waals surface area contributed by atoms with E-state index in [0.29, 0.717) is 22.6 Å². The molecule has 0 aliphatic carbocycles. The smallest absolute Gasteiger partial charge is 0.150 e.